The Kier molecular flexibility index (Phi) is 10.6. The lowest BCUT2D eigenvalue weighted by atomic mass is 10.0. The molecule has 0 bridgehead atoms. The zero-order valence-corrected chi connectivity index (χ0v) is 25.5. The number of benzene rings is 3. The third kappa shape index (κ3) is 7.73. The first-order chi connectivity index (χ1) is 21.0. The molecule has 4 N–H and O–H groups in total. The van der Waals surface area contributed by atoms with Crippen LogP contribution in [0.2, 0.25) is 5.02 Å². The highest BCUT2D eigenvalue weighted by Gasteiger charge is 2.37. The first-order valence-electron chi connectivity index (χ1n) is 14.1. The number of amides is 3. The molecule has 4 rings (SSSR count). The number of nitrogens with one attached hydrogen (secondary N) is 2. The van der Waals surface area contributed by atoms with E-state index in [0.717, 1.165) is 5.56 Å². The largest absolute Gasteiger partial charge is 0.465 e. The van der Waals surface area contributed by atoms with Crippen LogP contribution in [0.5, 0.6) is 0 Å². The number of ether oxygens (including phenoxy) is 1. The number of hydrogen-bond donors (Lipinski definition) is 4. The molecule has 0 aliphatic heterocycles. The second-order valence-electron chi connectivity index (χ2n) is 11.1. The molecule has 0 aliphatic rings. The normalized spacial score (nSPS) is 12.1. The molecule has 0 saturated heterocycles. The summed E-state index contributed by atoms with van der Waals surface area (Å²) in [6, 6.07) is 19.4. The highest BCUT2D eigenvalue weighted by atomic mass is 35.5. The van der Waals surface area contributed by atoms with E-state index in [9.17, 15) is 19.5 Å². The fourth-order valence-corrected chi connectivity index (χ4v) is 5.12. The number of nitrogens with zero attached hydrogens (tertiary/aromatic N) is 3. The maximum absolute atomic E-state index is 14.2. The molecule has 44 heavy (non-hydrogen) atoms. The summed E-state index contributed by atoms with van der Waals surface area (Å²) in [7, 11) is 0. The highest BCUT2D eigenvalue weighted by Crippen LogP contribution is 2.31. The van der Waals surface area contributed by atoms with E-state index in [1.807, 2.05) is 30.3 Å². The van der Waals surface area contributed by atoms with Gasteiger partial charge in [-0.05, 0) is 63.1 Å². The number of aromatic nitrogens is 2. The molecule has 1 heterocycles. The summed E-state index contributed by atoms with van der Waals surface area (Å²) in [6.07, 6.45) is -0.815. The summed E-state index contributed by atoms with van der Waals surface area (Å²) in [5.74, 6) is 0.125. The smallest absolute Gasteiger partial charge is 0.408 e. The number of aliphatic hydroxyl groups excluding tert-OH is 1. The third-order valence-electron chi connectivity index (χ3n) is 6.78. The minimum absolute atomic E-state index is 0.0584. The maximum atomic E-state index is 14.2. The van der Waals surface area contributed by atoms with Gasteiger partial charge in [-0.3, -0.25) is 14.3 Å². The Labute approximate surface area is 260 Å². The zero-order chi connectivity index (χ0) is 31.9. The van der Waals surface area contributed by atoms with Crippen LogP contribution in [-0.2, 0) is 11.3 Å². The number of carbonyl (C=O) groups excluding carboxylic acids is 1. The van der Waals surface area contributed by atoms with Crippen molar-refractivity contribution in [1.29, 1.82) is 0 Å². The Bertz CT molecular complexity index is 1670. The van der Waals surface area contributed by atoms with Crippen molar-refractivity contribution in [2.24, 2.45) is 0 Å². The van der Waals surface area contributed by atoms with Crippen LogP contribution in [0.4, 0.5) is 15.3 Å². The third-order valence-corrected chi connectivity index (χ3v) is 7.10. The van der Waals surface area contributed by atoms with Crippen molar-refractivity contribution in [3.8, 4) is 5.69 Å². The van der Waals surface area contributed by atoms with Crippen molar-refractivity contribution in [2.75, 3.05) is 25.1 Å². The second-order valence-corrected chi connectivity index (χ2v) is 11.5. The lowest BCUT2D eigenvalue weighted by Gasteiger charge is -2.39. The predicted molar refractivity (Wildman–Crippen MR) is 170 cm³/mol. The van der Waals surface area contributed by atoms with Crippen LogP contribution < -0.4 is 16.2 Å². The van der Waals surface area contributed by atoms with Crippen LogP contribution in [0.1, 0.15) is 44.6 Å². The summed E-state index contributed by atoms with van der Waals surface area (Å²) in [5, 5.41) is 25.2. The quantitative estimate of drug-likeness (QED) is 0.160. The van der Waals surface area contributed by atoms with Crippen molar-refractivity contribution in [1.82, 2.24) is 19.8 Å². The molecule has 3 amide bonds. The zero-order valence-electron chi connectivity index (χ0n) is 24.8. The van der Waals surface area contributed by atoms with Gasteiger partial charge in [0.1, 0.15) is 11.9 Å². The first kappa shape index (κ1) is 32.5. The van der Waals surface area contributed by atoms with E-state index in [1.54, 1.807) is 63.2 Å². The number of urea groups is 1. The lowest BCUT2D eigenvalue weighted by Crippen LogP contribution is -2.50. The Balaban J connectivity index is 1.88. The molecule has 12 heteroatoms. The van der Waals surface area contributed by atoms with E-state index in [2.05, 4.69) is 10.6 Å². The maximum Gasteiger partial charge on any atom is 0.408 e. The number of anilines is 1. The van der Waals surface area contributed by atoms with Crippen molar-refractivity contribution in [2.45, 2.75) is 45.4 Å². The van der Waals surface area contributed by atoms with Crippen molar-refractivity contribution < 1.29 is 24.5 Å². The molecule has 1 atom stereocenters. The molecule has 0 fully saturated rings. The van der Waals surface area contributed by atoms with Crippen LogP contribution in [0.15, 0.2) is 77.6 Å². The van der Waals surface area contributed by atoms with Crippen molar-refractivity contribution in [3.05, 3.63) is 99.6 Å². The van der Waals surface area contributed by atoms with E-state index >= 15 is 0 Å². The topological polar surface area (TPSA) is 146 Å². The van der Waals surface area contributed by atoms with E-state index in [1.165, 1.54) is 9.47 Å². The number of carboxylic acid groups (broad SMARTS) is 1. The second kappa shape index (κ2) is 14.3. The number of halogens is 1. The van der Waals surface area contributed by atoms with Crippen LogP contribution in [0.3, 0.4) is 0 Å². The number of hydrogen-bond acceptors (Lipinski definition) is 6. The molecule has 4 aromatic rings. The summed E-state index contributed by atoms with van der Waals surface area (Å²) in [4.78, 5) is 45.5. The molecule has 1 aromatic heterocycles. The van der Waals surface area contributed by atoms with Gasteiger partial charge < -0.3 is 25.6 Å². The van der Waals surface area contributed by atoms with Gasteiger partial charge in [0.25, 0.3) is 5.56 Å². The number of rotatable bonds is 11. The van der Waals surface area contributed by atoms with Gasteiger partial charge in [-0.1, -0.05) is 54.1 Å². The Morgan fingerprint density at radius 2 is 1.80 bits per heavy atom. The fourth-order valence-electron chi connectivity index (χ4n) is 4.87. The van der Waals surface area contributed by atoms with E-state index in [0.29, 0.717) is 23.3 Å². The Hall–Kier alpha value is -4.45. The fraction of sp³-hybridized carbons (Fsp3) is 0.312. The van der Waals surface area contributed by atoms with Gasteiger partial charge in [-0.25, -0.2) is 14.6 Å². The summed E-state index contributed by atoms with van der Waals surface area (Å²) >= 11 is 6.49. The van der Waals surface area contributed by atoms with E-state index in [4.69, 9.17) is 26.4 Å². The summed E-state index contributed by atoms with van der Waals surface area (Å²) in [5.41, 5.74) is 0.499. The number of carbonyl (C=O) groups is 2. The van der Waals surface area contributed by atoms with Gasteiger partial charge in [0.05, 0.1) is 34.8 Å². The molecule has 0 aliphatic carbocycles. The minimum atomic E-state index is -1.22. The molecular weight excluding hydrogens is 586 g/mol. The van der Waals surface area contributed by atoms with Gasteiger partial charge in [0.15, 0.2) is 0 Å². The standard InChI is InChI=1S/C32H36ClN5O6/c1-32(2,3)38(31(42)43)26(20-44-19-21-10-5-4-6-11-21)28-36-25-15-8-14-24(33)27(25)29(40)37(28)23-13-7-12-22(18-23)35-30(41)34-16-9-17-39/h4-8,10-15,18,26,39H,9,16-17,19-20H2,1-3H3,(H,42,43)(H2,34,35,41). The summed E-state index contributed by atoms with van der Waals surface area (Å²) < 4.78 is 7.40. The number of aliphatic hydroxyl groups is 1. The van der Waals surface area contributed by atoms with Gasteiger partial charge in [-0.15, -0.1) is 0 Å². The average molecular weight is 622 g/mol. The van der Waals surface area contributed by atoms with Crippen LogP contribution in [0, 0.1) is 0 Å². The monoisotopic (exact) mass is 621 g/mol. The molecular formula is C32H36ClN5O6. The molecule has 232 valence electrons. The Morgan fingerprint density at radius 1 is 1.07 bits per heavy atom. The van der Waals surface area contributed by atoms with Gasteiger partial charge in [0, 0.05) is 24.4 Å². The molecule has 0 saturated carbocycles. The van der Waals surface area contributed by atoms with E-state index in [-0.39, 0.29) is 42.6 Å². The average Bonchev–Trinajstić information content (AvgIpc) is 2.96. The van der Waals surface area contributed by atoms with Gasteiger partial charge in [-0.2, -0.15) is 0 Å². The molecule has 3 aromatic carbocycles. The molecule has 0 spiro atoms. The number of fused-ring (bicyclic) bond motifs is 1. The van der Waals surface area contributed by atoms with Crippen LogP contribution in [0.25, 0.3) is 16.6 Å². The SMILES string of the molecule is CC(C)(C)N(C(=O)O)C(COCc1ccccc1)c1nc2cccc(Cl)c2c(=O)n1-c1cccc(NC(=O)NCCCO)c1. The van der Waals surface area contributed by atoms with E-state index < -0.39 is 29.3 Å². The first-order valence-corrected chi connectivity index (χ1v) is 14.5. The van der Waals surface area contributed by atoms with Crippen molar-refractivity contribution in [3.63, 3.8) is 0 Å². The van der Waals surface area contributed by atoms with Crippen LogP contribution >= 0.6 is 11.6 Å². The van der Waals surface area contributed by atoms with Crippen molar-refractivity contribution >= 4 is 40.3 Å². The van der Waals surface area contributed by atoms with Gasteiger partial charge >= 0.3 is 12.1 Å². The Morgan fingerprint density at radius 3 is 2.48 bits per heavy atom. The molecule has 0 radical (unpaired) electrons. The van der Waals surface area contributed by atoms with Crippen LogP contribution in [-0.4, -0.2) is 62.1 Å². The predicted octanol–water partition coefficient (Wildman–Crippen LogP) is 5.58. The molecule has 11 nitrogen and oxygen atoms in total. The molecule has 1 unspecified atom stereocenters. The minimum Gasteiger partial charge on any atom is -0.465 e. The highest BCUT2D eigenvalue weighted by molar-refractivity contribution is 6.35. The lowest BCUT2D eigenvalue weighted by molar-refractivity contribution is 0.0104. The van der Waals surface area contributed by atoms with Gasteiger partial charge in [0.2, 0.25) is 0 Å². The summed E-state index contributed by atoms with van der Waals surface area (Å²) in [6.45, 7) is 5.59.